The summed E-state index contributed by atoms with van der Waals surface area (Å²) in [6.07, 6.45) is 2.16. The Hall–Kier alpha value is -1.32. The molecule has 0 spiro atoms. The number of fused-ring (bicyclic) bond motifs is 2. The van der Waals surface area contributed by atoms with Crippen molar-refractivity contribution in [2.24, 2.45) is 7.05 Å². The number of thiazole rings is 1. The number of halogens is 2. The van der Waals surface area contributed by atoms with Gasteiger partial charge in [0.2, 0.25) is 5.52 Å². The summed E-state index contributed by atoms with van der Waals surface area (Å²) in [6.45, 7) is 2.65. The van der Waals surface area contributed by atoms with Crippen LogP contribution < -0.4 is 38.2 Å². The van der Waals surface area contributed by atoms with Crippen LogP contribution in [0.4, 0.5) is 10.1 Å². The Balaban J connectivity index is 0.00000196. The minimum Gasteiger partial charge on any atom is -1.00 e. The predicted octanol–water partition coefficient (Wildman–Crippen LogP) is 1.81. The number of thioether (sulfide) groups is 1. The molecule has 0 amide bonds. The van der Waals surface area contributed by atoms with Crippen LogP contribution in [0.15, 0.2) is 46.3 Å². The predicted molar refractivity (Wildman–Crippen MR) is 103 cm³/mol. The van der Waals surface area contributed by atoms with E-state index in [1.54, 1.807) is 29.2 Å². The largest absolute Gasteiger partial charge is 1.00 e. The first-order chi connectivity index (χ1) is 12.1. The lowest BCUT2D eigenvalue weighted by Gasteiger charge is -2.12. The quantitative estimate of drug-likeness (QED) is 0.404. The monoisotopic (exact) mass is 500 g/mol. The highest BCUT2D eigenvalue weighted by atomic mass is 127. The van der Waals surface area contributed by atoms with E-state index in [0.717, 1.165) is 26.4 Å². The molecule has 0 N–H and O–H groups in total. The van der Waals surface area contributed by atoms with Gasteiger partial charge in [-0.05, 0) is 31.2 Å². The fourth-order valence-electron chi connectivity index (χ4n) is 2.91. The number of benzene rings is 2. The minimum atomic E-state index is -0.205. The molecule has 0 atom stereocenters. The molecule has 2 heterocycles. The first kappa shape index (κ1) is 19.4. The second-order valence-electron chi connectivity index (χ2n) is 5.82. The first-order valence-corrected chi connectivity index (χ1v) is 9.68. The van der Waals surface area contributed by atoms with Crippen molar-refractivity contribution in [3.05, 3.63) is 52.3 Å². The van der Waals surface area contributed by atoms with Crippen LogP contribution in [0.1, 0.15) is 11.9 Å². The maximum atomic E-state index is 13.5. The van der Waals surface area contributed by atoms with E-state index >= 15 is 0 Å². The van der Waals surface area contributed by atoms with Crippen LogP contribution in [0, 0.1) is 5.82 Å². The molecule has 1 aromatic heterocycles. The lowest BCUT2D eigenvalue weighted by atomic mass is 10.3. The minimum absolute atomic E-state index is 0. The molecule has 0 bridgehead atoms. The molecule has 0 aliphatic carbocycles. The zero-order valence-corrected chi connectivity index (χ0v) is 18.4. The molecule has 1 aliphatic rings. The molecule has 4 rings (SSSR count). The number of aromatic nitrogens is 1. The van der Waals surface area contributed by atoms with Gasteiger partial charge in [0.1, 0.15) is 23.3 Å². The van der Waals surface area contributed by atoms with Crippen LogP contribution in [0.2, 0.25) is 0 Å². The standard InChI is InChI=1S/C19H18FN2OS2.HI/c1-4-23-13-6-7-14-17(10-13)25-18(21(14)2)11-19-22(3)15-9-12(20)5-8-16(15)24-19;/h5-11H,4H2,1-3H3;1H/q+1;/p-1. The van der Waals surface area contributed by atoms with Gasteiger partial charge in [0.15, 0.2) is 0 Å². The molecule has 0 unspecified atom stereocenters. The topological polar surface area (TPSA) is 16.4 Å². The normalized spacial score (nSPS) is 14.6. The molecular formula is C19H18FIN2OS2. The molecule has 3 nitrogen and oxygen atoms in total. The van der Waals surface area contributed by atoms with Gasteiger partial charge in [-0.15, -0.1) is 0 Å². The molecule has 0 fully saturated rings. The summed E-state index contributed by atoms with van der Waals surface area (Å²) in [4.78, 5) is 3.12. The second kappa shape index (κ2) is 7.74. The third-order valence-electron chi connectivity index (χ3n) is 4.22. The van der Waals surface area contributed by atoms with E-state index in [4.69, 9.17) is 4.74 Å². The Labute approximate surface area is 177 Å². The molecule has 7 heteroatoms. The second-order valence-corrected chi connectivity index (χ2v) is 7.94. The Morgan fingerprint density at radius 2 is 2.04 bits per heavy atom. The Kier molecular flexibility index (Phi) is 5.78. The Bertz CT molecular complexity index is 1000. The summed E-state index contributed by atoms with van der Waals surface area (Å²) in [5, 5.41) is 2.24. The number of rotatable bonds is 3. The Morgan fingerprint density at radius 3 is 2.81 bits per heavy atom. The molecule has 1 aliphatic heterocycles. The van der Waals surface area contributed by atoms with Crippen molar-refractivity contribution >= 4 is 45.1 Å². The molecular weight excluding hydrogens is 482 g/mol. The van der Waals surface area contributed by atoms with Crippen molar-refractivity contribution in [1.29, 1.82) is 0 Å². The number of aryl methyl sites for hydroxylation is 1. The van der Waals surface area contributed by atoms with Crippen molar-refractivity contribution in [1.82, 2.24) is 0 Å². The maximum absolute atomic E-state index is 13.5. The molecule has 26 heavy (non-hydrogen) atoms. The van der Waals surface area contributed by atoms with Crippen molar-refractivity contribution in [3.63, 3.8) is 0 Å². The molecule has 0 saturated carbocycles. The van der Waals surface area contributed by atoms with Crippen LogP contribution >= 0.6 is 23.1 Å². The van der Waals surface area contributed by atoms with Gasteiger partial charge in [-0.2, -0.15) is 4.57 Å². The van der Waals surface area contributed by atoms with Crippen molar-refractivity contribution < 1.29 is 37.7 Å². The van der Waals surface area contributed by atoms with E-state index in [0.29, 0.717) is 6.61 Å². The van der Waals surface area contributed by atoms with Crippen LogP contribution in [0.25, 0.3) is 16.3 Å². The van der Waals surface area contributed by atoms with Gasteiger partial charge < -0.3 is 33.6 Å². The lowest BCUT2D eigenvalue weighted by Crippen LogP contribution is -3.00. The van der Waals surface area contributed by atoms with Crippen LogP contribution in [-0.4, -0.2) is 13.7 Å². The van der Waals surface area contributed by atoms with Crippen LogP contribution in [0.3, 0.4) is 0 Å². The van der Waals surface area contributed by atoms with Crippen LogP contribution in [-0.2, 0) is 7.05 Å². The fraction of sp³-hybridized carbons (Fsp3) is 0.211. The summed E-state index contributed by atoms with van der Waals surface area (Å²) < 4.78 is 22.5. The summed E-state index contributed by atoms with van der Waals surface area (Å²) in [5.41, 5.74) is 2.09. The van der Waals surface area contributed by atoms with E-state index in [9.17, 15) is 4.39 Å². The van der Waals surface area contributed by atoms with E-state index in [1.807, 2.05) is 31.0 Å². The number of nitrogens with zero attached hydrogens (tertiary/aromatic N) is 2. The van der Waals surface area contributed by atoms with E-state index in [-0.39, 0.29) is 29.8 Å². The van der Waals surface area contributed by atoms with E-state index < -0.39 is 0 Å². The van der Waals surface area contributed by atoms with Gasteiger partial charge in [-0.1, -0.05) is 23.1 Å². The van der Waals surface area contributed by atoms with Gasteiger partial charge in [0.25, 0.3) is 5.01 Å². The smallest absolute Gasteiger partial charge is 0.265 e. The van der Waals surface area contributed by atoms with Gasteiger partial charge in [0, 0.05) is 24.1 Å². The van der Waals surface area contributed by atoms with Gasteiger partial charge >= 0.3 is 0 Å². The maximum Gasteiger partial charge on any atom is 0.265 e. The molecule has 2 aromatic carbocycles. The number of hydrogen-bond acceptors (Lipinski definition) is 4. The van der Waals surface area contributed by atoms with E-state index in [2.05, 4.69) is 29.8 Å². The van der Waals surface area contributed by atoms with Gasteiger partial charge in [-0.3, -0.25) is 0 Å². The number of anilines is 1. The highest BCUT2D eigenvalue weighted by Crippen LogP contribution is 2.46. The SMILES string of the molecule is CCOc1ccc2c(c1)sc(/C=C1\Sc3ccc(F)cc3N1C)[n+]2C.[I-]. The Morgan fingerprint density at radius 1 is 1.23 bits per heavy atom. The van der Waals surface area contributed by atoms with Crippen molar-refractivity contribution in [2.45, 2.75) is 11.8 Å². The summed E-state index contributed by atoms with van der Waals surface area (Å²) in [6, 6.07) is 11.1. The molecule has 3 aromatic rings. The zero-order valence-electron chi connectivity index (χ0n) is 14.6. The first-order valence-electron chi connectivity index (χ1n) is 8.05. The average molecular weight is 500 g/mol. The summed E-state index contributed by atoms with van der Waals surface area (Å²) in [7, 11) is 4.04. The number of ether oxygens (including phenoxy) is 1. The highest BCUT2D eigenvalue weighted by Gasteiger charge is 2.25. The third-order valence-corrected chi connectivity index (χ3v) is 6.54. The lowest BCUT2D eigenvalue weighted by molar-refractivity contribution is -0.642. The van der Waals surface area contributed by atoms with Gasteiger partial charge in [-0.25, -0.2) is 4.39 Å². The van der Waals surface area contributed by atoms with Crippen molar-refractivity contribution in [3.8, 4) is 5.75 Å². The molecule has 0 saturated heterocycles. The fourth-order valence-corrected chi connectivity index (χ4v) is 5.16. The summed E-state index contributed by atoms with van der Waals surface area (Å²) >= 11 is 3.39. The zero-order chi connectivity index (χ0) is 17.6. The number of hydrogen-bond donors (Lipinski definition) is 0. The summed E-state index contributed by atoms with van der Waals surface area (Å²) in [5.74, 6) is 0.689. The highest BCUT2D eigenvalue weighted by molar-refractivity contribution is 8.03. The average Bonchev–Trinajstić information content (AvgIpc) is 3.06. The molecule has 0 radical (unpaired) electrons. The van der Waals surface area contributed by atoms with Crippen LogP contribution in [0.5, 0.6) is 5.75 Å². The molecule has 136 valence electrons. The van der Waals surface area contributed by atoms with Crippen molar-refractivity contribution in [2.75, 3.05) is 18.6 Å². The third kappa shape index (κ3) is 3.44. The van der Waals surface area contributed by atoms with E-state index in [1.165, 1.54) is 16.3 Å². The van der Waals surface area contributed by atoms with Gasteiger partial charge in [0.05, 0.1) is 23.4 Å².